The van der Waals surface area contributed by atoms with Crippen molar-refractivity contribution in [2.75, 3.05) is 6.61 Å². The molecule has 1 amide bonds. The van der Waals surface area contributed by atoms with E-state index in [4.69, 9.17) is 10.6 Å². The van der Waals surface area contributed by atoms with E-state index in [1.165, 1.54) is 12.1 Å². The van der Waals surface area contributed by atoms with E-state index in [0.717, 1.165) is 11.6 Å². The predicted octanol–water partition coefficient (Wildman–Crippen LogP) is 1.22. The topological polar surface area (TPSA) is 102 Å². The fraction of sp³-hybridized carbons (Fsp3) is 0.167. The third-order valence-electron chi connectivity index (χ3n) is 3.50. The average Bonchev–Trinajstić information content (AvgIpc) is 2.61. The molecule has 6 nitrogen and oxygen atoms in total. The number of aliphatic hydroxyl groups is 1. The second-order valence-electron chi connectivity index (χ2n) is 5.17. The number of nitrogens with one attached hydrogen (secondary N) is 1. The number of nitrogens with two attached hydrogens (primary N) is 1. The summed E-state index contributed by atoms with van der Waals surface area (Å²) >= 11 is 0. The van der Waals surface area contributed by atoms with Crippen LogP contribution in [0.4, 0.5) is 4.39 Å². The van der Waals surface area contributed by atoms with Gasteiger partial charge in [0, 0.05) is 5.56 Å². The molecule has 130 valence electrons. The summed E-state index contributed by atoms with van der Waals surface area (Å²) in [6.45, 7) is -0.358. The van der Waals surface area contributed by atoms with Crippen molar-refractivity contribution < 1.29 is 23.9 Å². The molecular formula is C18H17FN2O4. The summed E-state index contributed by atoms with van der Waals surface area (Å²) in [5.74, 6) is -0.256. The van der Waals surface area contributed by atoms with Crippen LogP contribution in [0.1, 0.15) is 21.5 Å². The number of carbonyl (C=O) groups excluding carboxylic acids is 2. The molecule has 7 heteroatoms. The molecule has 0 saturated carbocycles. The van der Waals surface area contributed by atoms with Crippen LogP contribution in [0.2, 0.25) is 0 Å². The monoisotopic (exact) mass is 344 g/mol. The molecule has 0 aliphatic heterocycles. The second kappa shape index (κ2) is 8.86. The van der Waals surface area contributed by atoms with Crippen LogP contribution in [-0.4, -0.2) is 29.6 Å². The number of hydrogen-bond donors (Lipinski definition) is 3. The lowest BCUT2D eigenvalue weighted by Crippen LogP contribution is -2.34. The van der Waals surface area contributed by atoms with Crippen molar-refractivity contribution in [3.05, 3.63) is 71.0 Å². The first-order valence-electron chi connectivity index (χ1n) is 7.44. The number of hydroxylamine groups is 1. The normalized spacial score (nSPS) is 11.6. The smallest absolute Gasteiger partial charge is 0.252 e. The van der Waals surface area contributed by atoms with Gasteiger partial charge < -0.3 is 10.8 Å². The fourth-order valence-electron chi connectivity index (χ4n) is 2.30. The molecule has 2 rings (SSSR count). The quantitative estimate of drug-likeness (QED) is 0.494. The van der Waals surface area contributed by atoms with E-state index in [-0.39, 0.29) is 17.7 Å². The van der Waals surface area contributed by atoms with Crippen molar-refractivity contribution in [3.8, 4) is 0 Å². The molecule has 0 fully saturated rings. The number of rotatable bonds is 8. The average molecular weight is 344 g/mol. The second-order valence-corrected chi connectivity index (χ2v) is 5.17. The highest BCUT2D eigenvalue weighted by Crippen LogP contribution is 2.22. The minimum Gasteiger partial charge on any atom is -0.394 e. The number of benzene rings is 2. The molecule has 2 aromatic rings. The van der Waals surface area contributed by atoms with Gasteiger partial charge in [-0.2, -0.15) is 5.48 Å². The zero-order valence-electron chi connectivity index (χ0n) is 13.2. The molecule has 0 radical (unpaired) electrons. The van der Waals surface area contributed by atoms with Gasteiger partial charge in [-0.15, -0.1) is 0 Å². The Kier molecular flexibility index (Phi) is 6.56. The predicted molar refractivity (Wildman–Crippen MR) is 89.3 cm³/mol. The third kappa shape index (κ3) is 4.59. The van der Waals surface area contributed by atoms with Crippen LogP contribution in [0.5, 0.6) is 0 Å². The van der Waals surface area contributed by atoms with Crippen molar-refractivity contribution in [2.24, 2.45) is 5.73 Å². The standard InChI is InChI=1S/C18H17FN2O4/c19-15-8-4-7-13(17(15)18(20)24)14(9-22)16(10-23)21-25-11-12-5-2-1-3-6-12/h1-8,16,21,23H,10-11H2,(H2,20,24)/t16-/m1/s1. The Balaban J connectivity index is 2.19. The van der Waals surface area contributed by atoms with E-state index in [9.17, 15) is 19.1 Å². The summed E-state index contributed by atoms with van der Waals surface area (Å²) in [5, 5.41) is 9.53. The summed E-state index contributed by atoms with van der Waals surface area (Å²) in [5.41, 5.74) is 7.94. The van der Waals surface area contributed by atoms with Gasteiger partial charge in [0.05, 0.1) is 30.4 Å². The summed E-state index contributed by atoms with van der Waals surface area (Å²) < 4.78 is 13.9. The lowest BCUT2D eigenvalue weighted by molar-refractivity contribution is 0.00452. The third-order valence-corrected chi connectivity index (χ3v) is 3.50. The van der Waals surface area contributed by atoms with Crippen molar-refractivity contribution in [2.45, 2.75) is 12.6 Å². The zero-order valence-corrected chi connectivity index (χ0v) is 13.2. The van der Waals surface area contributed by atoms with Gasteiger partial charge in [-0.3, -0.25) is 9.63 Å². The van der Waals surface area contributed by atoms with E-state index >= 15 is 0 Å². The van der Waals surface area contributed by atoms with Gasteiger partial charge in [0.15, 0.2) is 0 Å². The molecule has 0 saturated heterocycles. The summed E-state index contributed by atoms with van der Waals surface area (Å²) in [6.07, 6.45) is 0. The Labute approximate surface area is 143 Å². The van der Waals surface area contributed by atoms with Crippen LogP contribution in [0.25, 0.3) is 5.57 Å². The Morgan fingerprint density at radius 1 is 1.24 bits per heavy atom. The first kappa shape index (κ1) is 18.5. The number of hydrogen-bond acceptors (Lipinski definition) is 5. The molecular weight excluding hydrogens is 327 g/mol. The molecule has 0 aliphatic rings. The van der Waals surface area contributed by atoms with Crippen LogP contribution in [0, 0.1) is 5.82 Å². The highest BCUT2D eigenvalue weighted by Gasteiger charge is 2.23. The molecule has 4 N–H and O–H groups in total. The number of amides is 1. The summed E-state index contributed by atoms with van der Waals surface area (Å²) in [6, 6.07) is 11.9. The maximum Gasteiger partial charge on any atom is 0.252 e. The van der Waals surface area contributed by atoms with Gasteiger partial charge in [0.2, 0.25) is 0 Å². The maximum absolute atomic E-state index is 13.9. The van der Waals surface area contributed by atoms with Gasteiger partial charge in [0.25, 0.3) is 5.91 Å². The van der Waals surface area contributed by atoms with Gasteiger partial charge in [-0.1, -0.05) is 42.5 Å². The van der Waals surface area contributed by atoms with E-state index < -0.39 is 29.9 Å². The van der Waals surface area contributed by atoms with Crippen LogP contribution >= 0.6 is 0 Å². The maximum atomic E-state index is 13.9. The summed E-state index contributed by atoms with van der Waals surface area (Å²) in [7, 11) is 0. The van der Waals surface area contributed by atoms with Crippen LogP contribution in [0.3, 0.4) is 0 Å². The molecule has 0 bridgehead atoms. The van der Waals surface area contributed by atoms with Gasteiger partial charge in [0.1, 0.15) is 11.8 Å². The van der Waals surface area contributed by atoms with Crippen LogP contribution < -0.4 is 11.2 Å². The van der Waals surface area contributed by atoms with Crippen LogP contribution in [-0.2, 0) is 16.2 Å². The van der Waals surface area contributed by atoms with Crippen molar-refractivity contribution in [1.82, 2.24) is 5.48 Å². The molecule has 1 atom stereocenters. The van der Waals surface area contributed by atoms with Crippen molar-refractivity contribution in [1.29, 1.82) is 0 Å². The molecule has 0 unspecified atom stereocenters. The SMILES string of the molecule is NC(=O)c1c(F)cccc1C(=C=O)[C@@H](CO)NOCc1ccccc1. The number of primary amides is 1. The number of carbonyl (C=O) groups is 1. The number of aliphatic hydroxyl groups excluding tert-OH is 1. The molecule has 0 spiro atoms. The summed E-state index contributed by atoms with van der Waals surface area (Å²) in [4.78, 5) is 28.2. The minimum atomic E-state index is -1.03. The molecule has 25 heavy (non-hydrogen) atoms. The van der Waals surface area contributed by atoms with Gasteiger partial charge in [-0.25, -0.2) is 9.18 Å². The lowest BCUT2D eigenvalue weighted by atomic mass is 9.95. The molecule has 0 aromatic heterocycles. The van der Waals surface area contributed by atoms with E-state index in [2.05, 4.69) is 5.48 Å². The molecule has 0 aliphatic carbocycles. The highest BCUT2D eigenvalue weighted by molar-refractivity contribution is 6.02. The first-order chi connectivity index (χ1) is 12.1. The van der Waals surface area contributed by atoms with E-state index in [1.54, 1.807) is 5.94 Å². The van der Waals surface area contributed by atoms with Crippen molar-refractivity contribution >= 4 is 17.4 Å². The Morgan fingerprint density at radius 2 is 1.96 bits per heavy atom. The number of halogens is 1. The lowest BCUT2D eigenvalue weighted by Gasteiger charge is -2.19. The van der Waals surface area contributed by atoms with E-state index in [1.807, 2.05) is 30.3 Å². The molecule has 0 heterocycles. The van der Waals surface area contributed by atoms with Gasteiger partial charge in [-0.05, 0) is 11.6 Å². The molecule has 2 aromatic carbocycles. The Bertz CT molecular complexity index is 789. The highest BCUT2D eigenvalue weighted by atomic mass is 19.1. The Hall–Kier alpha value is -2.83. The van der Waals surface area contributed by atoms with Crippen molar-refractivity contribution in [3.63, 3.8) is 0 Å². The zero-order chi connectivity index (χ0) is 18.2. The first-order valence-corrected chi connectivity index (χ1v) is 7.44. The van der Waals surface area contributed by atoms with E-state index in [0.29, 0.717) is 0 Å². The Morgan fingerprint density at radius 3 is 2.56 bits per heavy atom. The van der Waals surface area contributed by atoms with Gasteiger partial charge >= 0.3 is 0 Å². The fourth-order valence-corrected chi connectivity index (χ4v) is 2.30. The minimum absolute atomic E-state index is 0.0441. The van der Waals surface area contributed by atoms with Crippen LogP contribution in [0.15, 0.2) is 48.5 Å². The largest absolute Gasteiger partial charge is 0.394 e.